The van der Waals surface area contributed by atoms with Crippen LogP contribution in [0.2, 0.25) is 12.1 Å². The molecule has 12 heteroatoms. The Labute approximate surface area is 434 Å². The SMILES string of the molecule is CCc1cc2c(-c3ccccc3)cccc2[cH-]1.CCc1cc2c(-c3ccccc3)cccc2[cH-]1.Cl.Cl.[CH2-]CCCCCCC[Si](Cl)(Cl)Cl.[CH2-]CCCCCCC[Si](Cl)(Cl)Cl.[Si]=[Zr]. The van der Waals surface area contributed by atoms with Crippen molar-refractivity contribution < 1.29 is 23.3 Å². The first-order valence-electron chi connectivity index (χ1n) is 21.3. The Morgan fingerprint density at radius 3 is 1.10 bits per heavy atom. The summed E-state index contributed by atoms with van der Waals surface area (Å²) in [4.78, 5) is 0. The standard InChI is InChI=1S/2C17H15.2C8H16Cl3Si.2ClH.Si.Zr/c2*1-2-13-11-15-9-6-10-16(17(15)12-13)14-7-4-3-5-8-14;2*1-2-3-4-5-6-7-8-12(9,10)11;;;;/h2*3-12H,2H2,1H3;2*1-8H2;2*1H;;/q4*-1;;;;. The molecule has 0 fully saturated rings. The topological polar surface area (TPSA) is 0 Å². The van der Waals surface area contributed by atoms with Crippen LogP contribution in [0.15, 0.2) is 121 Å². The predicted octanol–water partition coefficient (Wildman–Crippen LogP) is 19.7. The molecule has 2 radical (unpaired) electrons. The Morgan fingerprint density at radius 2 is 0.790 bits per heavy atom. The average molecular weight is 1120 g/mol. The molecule has 0 nitrogen and oxygen atoms in total. The molecule has 0 spiro atoms. The molecule has 0 bridgehead atoms. The van der Waals surface area contributed by atoms with Gasteiger partial charge in [-0.1, -0.05) is 162 Å². The van der Waals surface area contributed by atoms with Crippen LogP contribution in [0.5, 0.6) is 0 Å². The predicted molar refractivity (Wildman–Crippen MR) is 291 cm³/mol. The van der Waals surface area contributed by atoms with E-state index in [0.717, 1.165) is 50.6 Å². The van der Waals surface area contributed by atoms with Crippen LogP contribution in [0, 0.1) is 13.8 Å². The third-order valence-electron chi connectivity index (χ3n) is 10.0. The van der Waals surface area contributed by atoms with E-state index < -0.39 is 12.0 Å². The van der Waals surface area contributed by atoms with Crippen molar-refractivity contribution in [2.24, 2.45) is 0 Å². The van der Waals surface area contributed by atoms with Crippen molar-refractivity contribution in [1.29, 1.82) is 0 Å². The van der Waals surface area contributed by atoms with Crippen molar-refractivity contribution in [3.63, 3.8) is 0 Å². The van der Waals surface area contributed by atoms with E-state index in [-0.39, 0.29) is 24.8 Å². The van der Waals surface area contributed by atoms with E-state index in [1.165, 1.54) is 130 Å². The summed E-state index contributed by atoms with van der Waals surface area (Å²) in [6, 6.07) is 40.5. The molecular formula is C50H64Cl8Si3Zr-4. The summed E-state index contributed by atoms with van der Waals surface area (Å²) < 4.78 is 0. The van der Waals surface area contributed by atoms with Crippen molar-refractivity contribution in [2.75, 3.05) is 0 Å². The van der Waals surface area contributed by atoms with Gasteiger partial charge in [0.1, 0.15) is 0 Å². The molecule has 6 aromatic carbocycles. The number of halogens is 8. The second-order valence-electron chi connectivity index (χ2n) is 14.8. The Morgan fingerprint density at radius 1 is 0.468 bits per heavy atom. The molecule has 0 saturated heterocycles. The summed E-state index contributed by atoms with van der Waals surface area (Å²) in [6.07, 6.45) is 16.3. The third kappa shape index (κ3) is 25.8. The number of hydrogen-bond donors (Lipinski definition) is 0. The van der Waals surface area contributed by atoms with Crippen LogP contribution < -0.4 is 0 Å². The molecule has 6 aromatic rings. The monoisotopic (exact) mass is 1120 g/mol. The Balaban J connectivity index is 0.000000794. The minimum atomic E-state index is -2.32. The molecule has 340 valence electrons. The summed E-state index contributed by atoms with van der Waals surface area (Å²) in [5.74, 6) is 0. The van der Waals surface area contributed by atoms with Gasteiger partial charge in [-0.25, -0.2) is 0 Å². The van der Waals surface area contributed by atoms with Crippen molar-refractivity contribution >= 4 is 132 Å². The van der Waals surface area contributed by atoms with Gasteiger partial charge in [0.2, 0.25) is 0 Å². The molecule has 0 aliphatic rings. The van der Waals surface area contributed by atoms with Crippen molar-refractivity contribution in [1.82, 2.24) is 0 Å². The summed E-state index contributed by atoms with van der Waals surface area (Å²) in [5, 5.41) is 5.44. The van der Waals surface area contributed by atoms with Gasteiger partial charge in [-0.3, -0.25) is 0 Å². The van der Waals surface area contributed by atoms with Gasteiger partial charge in [-0.15, -0.1) is 160 Å². The quantitative estimate of drug-likeness (QED) is 0.0348. The molecule has 62 heavy (non-hydrogen) atoms. The van der Waals surface area contributed by atoms with E-state index in [0.29, 0.717) is 0 Å². The number of unbranched alkanes of at least 4 members (excludes halogenated alkanes) is 10. The zero-order valence-electron chi connectivity index (χ0n) is 36.4. The van der Waals surface area contributed by atoms with Gasteiger partial charge in [0.15, 0.2) is 0 Å². The van der Waals surface area contributed by atoms with Gasteiger partial charge in [0.05, 0.1) is 0 Å². The summed E-state index contributed by atoms with van der Waals surface area (Å²) in [5.41, 5.74) is 8.11. The van der Waals surface area contributed by atoms with E-state index in [2.05, 4.69) is 156 Å². The average Bonchev–Trinajstić information content (AvgIpc) is 3.89. The van der Waals surface area contributed by atoms with Crippen LogP contribution >= 0.6 is 91.3 Å². The van der Waals surface area contributed by atoms with Gasteiger partial charge in [-0.2, -0.15) is 25.0 Å². The molecule has 0 amide bonds. The van der Waals surface area contributed by atoms with Crippen molar-refractivity contribution in [3.05, 3.63) is 146 Å². The number of fused-ring (bicyclic) bond motifs is 2. The van der Waals surface area contributed by atoms with E-state index >= 15 is 0 Å². The first kappa shape index (κ1) is 62.0. The second kappa shape index (κ2) is 36.1. The van der Waals surface area contributed by atoms with Crippen LogP contribution in [-0.2, 0) is 36.2 Å². The van der Waals surface area contributed by atoms with Gasteiger partial charge >= 0.3 is 42.2 Å². The van der Waals surface area contributed by atoms with Crippen LogP contribution in [0.3, 0.4) is 0 Å². The normalized spacial score (nSPS) is 10.7. The molecule has 0 aliphatic carbocycles. The summed E-state index contributed by atoms with van der Waals surface area (Å²) in [7, 11) is 0. The molecule has 6 rings (SSSR count). The summed E-state index contributed by atoms with van der Waals surface area (Å²) in [6.45, 7) is 15.0. The van der Waals surface area contributed by atoms with Gasteiger partial charge < -0.3 is 13.8 Å². The third-order valence-corrected chi connectivity index (χ3v) is 15.3. The van der Waals surface area contributed by atoms with Crippen LogP contribution in [0.4, 0.5) is 0 Å². The summed E-state index contributed by atoms with van der Waals surface area (Å²) >= 11 is 35.8. The number of rotatable bonds is 18. The van der Waals surface area contributed by atoms with Crippen molar-refractivity contribution in [2.45, 2.75) is 116 Å². The Hall–Kier alpha value is -0.0462. The second-order valence-corrected chi connectivity index (χ2v) is 33.3. The van der Waals surface area contributed by atoms with E-state index in [4.69, 9.17) is 66.5 Å². The minimum absolute atomic E-state index is 0. The van der Waals surface area contributed by atoms with Gasteiger partial charge in [-0.05, 0) is 36.1 Å². The molecule has 0 heterocycles. The van der Waals surface area contributed by atoms with Crippen molar-refractivity contribution in [3.8, 4) is 22.3 Å². The molecule has 0 aliphatic heterocycles. The molecular weight excluding hydrogens is 1060 g/mol. The number of benzene rings is 4. The van der Waals surface area contributed by atoms with E-state index in [1.807, 2.05) is 0 Å². The van der Waals surface area contributed by atoms with Crippen LogP contribution in [0.1, 0.15) is 102 Å². The first-order chi connectivity index (χ1) is 28.9. The molecule has 0 unspecified atom stereocenters. The van der Waals surface area contributed by atoms with Gasteiger partial charge in [0, 0.05) is 0 Å². The molecule has 0 N–H and O–H groups in total. The zero-order valence-corrected chi connectivity index (χ0v) is 48.0. The fourth-order valence-corrected chi connectivity index (χ4v) is 10.5. The van der Waals surface area contributed by atoms with E-state index in [1.54, 1.807) is 0 Å². The zero-order chi connectivity index (χ0) is 44.2. The fourth-order valence-electron chi connectivity index (χ4n) is 6.81. The fraction of sp³-hybridized carbons (Fsp3) is 0.360. The molecule has 0 atom stereocenters. The molecule has 0 aromatic heterocycles. The first-order valence-corrected chi connectivity index (χ1v) is 36.0. The maximum atomic E-state index is 5.73. The van der Waals surface area contributed by atoms with Crippen LogP contribution in [0.25, 0.3) is 43.8 Å². The Bertz CT molecular complexity index is 1850. The van der Waals surface area contributed by atoms with Crippen LogP contribution in [-0.4, -0.2) is 18.9 Å². The Kier molecular flexibility index (Phi) is 36.0. The number of hydrogen-bond acceptors (Lipinski definition) is 0. The number of aryl methyl sites for hydroxylation is 2. The maximum absolute atomic E-state index is 5.73. The molecule has 0 saturated carbocycles. The van der Waals surface area contributed by atoms with Gasteiger partial charge in [0.25, 0.3) is 0 Å². The van der Waals surface area contributed by atoms with E-state index in [9.17, 15) is 0 Å².